The number of aromatic nitrogens is 3. The zero-order valence-corrected chi connectivity index (χ0v) is 10.6. The molecule has 0 saturated heterocycles. The highest BCUT2D eigenvalue weighted by molar-refractivity contribution is 5.46. The van der Waals surface area contributed by atoms with Gasteiger partial charge < -0.3 is 20.0 Å². The number of ether oxygens (including phenoxy) is 1. The summed E-state index contributed by atoms with van der Waals surface area (Å²) in [5.41, 5.74) is 3.28. The second-order valence-electron chi connectivity index (χ2n) is 3.68. The molecule has 0 aliphatic heterocycles. The number of hydrazine groups is 1. The molecule has 0 spiro atoms. The highest BCUT2D eigenvalue weighted by Gasteiger charge is 2.05. The van der Waals surface area contributed by atoms with Crippen molar-refractivity contribution in [2.24, 2.45) is 5.84 Å². The summed E-state index contributed by atoms with van der Waals surface area (Å²) in [5.74, 6) is 7.09. The number of nitrogens with zero attached hydrogens (tertiary/aromatic N) is 3. The molecule has 8 nitrogen and oxygen atoms in total. The predicted molar refractivity (Wildman–Crippen MR) is 69.0 cm³/mol. The summed E-state index contributed by atoms with van der Waals surface area (Å²) in [4.78, 5) is 8.51. The fraction of sp³-hybridized carbons (Fsp3) is 0.364. The van der Waals surface area contributed by atoms with Gasteiger partial charge in [-0.2, -0.15) is 0 Å². The van der Waals surface area contributed by atoms with Crippen molar-refractivity contribution >= 4 is 11.6 Å². The van der Waals surface area contributed by atoms with Crippen LogP contribution >= 0.6 is 0 Å². The van der Waals surface area contributed by atoms with Crippen LogP contribution < -0.4 is 16.6 Å². The van der Waals surface area contributed by atoms with Crippen molar-refractivity contribution < 1.29 is 9.26 Å². The SMILES string of the molecule is CCOCc1nc(NN)cc(NCc2ccon2)n1. The molecule has 2 heterocycles. The van der Waals surface area contributed by atoms with Gasteiger partial charge in [0.25, 0.3) is 0 Å². The molecule has 0 saturated carbocycles. The van der Waals surface area contributed by atoms with E-state index in [0.29, 0.717) is 37.2 Å². The normalized spacial score (nSPS) is 10.4. The third kappa shape index (κ3) is 3.90. The Labute approximate surface area is 110 Å². The lowest BCUT2D eigenvalue weighted by molar-refractivity contribution is 0.128. The minimum absolute atomic E-state index is 0.338. The van der Waals surface area contributed by atoms with Crippen LogP contribution in [0.15, 0.2) is 22.9 Å². The maximum Gasteiger partial charge on any atom is 0.158 e. The summed E-state index contributed by atoms with van der Waals surface area (Å²) in [6.07, 6.45) is 1.52. The Morgan fingerprint density at radius 3 is 2.89 bits per heavy atom. The van der Waals surface area contributed by atoms with Crippen LogP contribution in [0, 0.1) is 0 Å². The van der Waals surface area contributed by atoms with Gasteiger partial charge in [0.15, 0.2) is 5.82 Å². The third-order valence-electron chi connectivity index (χ3n) is 2.30. The highest BCUT2D eigenvalue weighted by atomic mass is 16.5. The van der Waals surface area contributed by atoms with Crippen molar-refractivity contribution in [3.63, 3.8) is 0 Å². The molecule has 2 rings (SSSR count). The van der Waals surface area contributed by atoms with Crippen molar-refractivity contribution in [2.75, 3.05) is 17.3 Å². The Kier molecular flexibility index (Phi) is 4.65. The quantitative estimate of drug-likeness (QED) is 0.499. The third-order valence-corrected chi connectivity index (χ3v) is 2.30. The Hall–Kier alpha value is -2.19. The molecule has 0 aliphatic carbocycles. The van der Waals surface area contributed by atoms with Gasteiger partial charge in [0.1, 0.15) is 30.2 Å². The maximum absolute atomic E-state index is 5.37. The zero-order valence-electron chi connectivity index (χ0n) is 10.6. The molecule has 0 atom stereocenters. The smallest absolute Gasteiger partial charge is 0.158 e. The number of hydrogen-bond acceptors (Lipinski definition) is 8. The minimum Gasteiger partial charge on any atom is -0.374 e. The van der Waals surface area contributed by atoms with Gasteiger partial charge in [-0.15, -0.1) is 0 Å². The van der Waals surface area contributed by atoms with E-state index in [-0.39, 0.29) is 0 Å². The lowest BCUT2D eigenvalue weighted by Crippen LogP contribution is -2.13. The van der Waals surface area contributed by atoms with Gasteiger partial charge in [0, 0.05) is 18.7 Å². The summed E-state index contributed by atoms with van der Waals surface area (Å²) < 4.78 is 10.0. The van der Waals surface area contributed by atoms with Crippen LogP contribution in [0.1, 0.15) is 18.4 Å². The van der Waals surface area contributed by atoms with Crippen molar-refractivity contribution in [3.05, 3.63) is 29.9 Å². The molecule has 2 aromatic rings. The van der Waals surface area contributed by atoms with E-state index in [1.54, 1.807) is 12.1 Å². The molecule has 4 N–H and O–H groups in total. The summed E-state index contributed by atoms with van der Waals surface area (Å²) in [6.45, 7) is 3.36. The number of nitrogen functional groups attached to an aromatic ring is 1. The number of rotatable bonds is 7. The van der Waals surface area contributed by atoms with Gasteiger partial charge in [-0.1, -0.05) is 5.16 Å². The molecule has 0 bridgehead atoms. The lowest BCUT2D eigenvalue weighted by atomic mass is 10.4. The van der Waals surface area contributed by atoms with Gasteiger partial charge in [-0.05, 0) is 6.92 Å². The molecule has 2 aromatic heterocycles. The first-order valence-corrected chi connectivity index (χ1v) is 5.87. The number of anilines is 2. The molecule has 0 radical (unpaired) electrons. The van der Waals surface area contributed by atoms with Gasteiger partial charge in [0.05, 0.1) is 6.54 Å². The maximum atomic E-state index is 5.37. The Balaban J connectivity index is 2.05. The first kappa shape index (κ1) is 13.2. The molecule has 0 aromatic carbocycles. The molecule has 8 heteroatoms. The Morgan fingerprint density at radius 1 is 1.37 bits per heavy atom. The Morgan fingerprint density at radius 2 is 2.21 bits per heavy atom. The molecule has 19 heavy (non-hydrogen) atoms. The first-order valence-electron chi connectivity index (χ1n) is 5.87. The largest absolute Gasteiger partial charge is 0.374 e. The number of nitrogens with one attached hydrogen (secondary N) is 2. The molecule has 0 unspecified atom stereocenters. The van der Waals surface area contributed by atoms with E-state index in [9.17, 15) is 0 Å². The van der Waals surface area contributed by atoms with E-state index >= 15 is 0 Å². The second-order valence-corrected chi connectivity index (χ2v) is 3.68. The predicted octanol–water partition coefficient (Wildman–Crippen LogP) is 0.899. The van der Waals surface area contributed by atoms with Crippen LogP contribution in [0.5, 0.6) is 0 Å². The monoisotopic (exact) mass is 264 g/mol. The average molecular weight is 264 g/mol. The molecule has 0 aliphatic rings. The van der Waals surface area contributed by atoms with Crippen molar-refractivity contribution in [1.82, 2.24) is 15.1 Å². The van der Waals surface area contributed by atoms with Crippen LogP contribution in [0.3, 0.4) is 0 Å². The van der Waals surface area contributed by atoms with E-state index in [1.165, 1.54) is 6.26 Å². The van der Waals surface area contributed by atoms with Crippen LogP contribution in [-0.4, -0.2) is 21.7 Å². The van der Waals surface area contributed by atoms with E-state index in [4.69, 9.17) is 15.1 Å². The zero-order chi connectivity index (χ0) is 13.5. The summed E-state index contributed by atoms with van der Waals surface area (Å²) in [7, 11) is 0. The molecule has 0 amide bonds. The van der Waals surface area contributed by atoms with Gasteiger partial charge in [0.2, 0.25) is 0 Å². The van der Waals surface area contributed by atoms with Crippen LogP contribution in [0.2, 0.25) is 0 Å². The van der Waals surface area contributed by atoms with E-state index in [1.807, 2.05) is 6.92 Å². The Bertz CT molecular complexity index is 502. The molecular formula is C11H16N6O2. The van der Waals surface area contributed by atoms with Crippen molar-refractivity contribution in [3.8, 4) is 0 Å². The van der Waals surface area contributed by atoms with Crippen LogP contribution in [-0.2, 0) is 17.9 Å². The van der Waals surface area contributed by atoms with Gasteiger partial charge in [-0.25, -0.2) is 15.8 Å². The van der Waals surface area contributed by atoms with E-state index < -0.39 is 0 Å². The minimum atomic E-state index is 0.338. The molecule has 0 fully saturated rings. The highest BCUT2D eigenvalue weighted by Crippen LogP contribution is 2.12. The van der Waals surface area contributed by atoms with Gasteiger partial charge >= 0.3 is 0 Å². The summed E-state index contributed by atoms with van der Waals surface area (Å²) >= 11 is 0. The van der Waals surface area contributed by atoms with Gasteiger partial charge in [-0.3, -0.25) is 0 Å². The fourth-order valence-corrected chi connectivity index (χ4v) is 1.43. The van der Waals surface area contributed by atoms with Crippen molar-refractivity contribution in [1.29, 1.82) is 0 Å². The summed E-state index contributed by atoms with van der Waals surface area (Å²) in [5, 5.41) is 6.91. The number of hydrogen-bond donors (Lipinski definition) is 3. The molecule has 102 valence electrons. The van der Waals surface area contributed by atoms with E-state index in [0.717, 1.165) is 5.69 Å². The van der Waals surface area contributed by atoms with E-state index in [2.05, 4.69) is 25.9 Å². The van der Waals surface area contributed by atoms with Crippen molar-refractivity contribution in [2.45, 2.75) is 20.1 Å². The van der Waals surface area contributed by atoms with Crippen LogP contribution in [0.4, 0.5) is 11.6 Å². The van der Waals surface area contributed by atoms with Crippen LogP contribution in [0.25, 0.3) is 0 Å². The first-order chi connectivity index (χ1) is 9.31. The summed E-state index contributed by atoms with van der Waals surface area (Å²) in [6, 6.07) is 3.48. The fourth-order valence-electron chi connectivity index (χ4n) is 1.43. The standard InChI is InChI=1S/C11H16N6O2/c1-2-18-7-11-14-9(5-10(15-11)16-12)13-6-8-3-4-19-17-8/h3-5H,2,6-7,12H2,1H3,(H2,13,14,15,16). The molecular weight excluding hydrogens is 248 g/mol. The second kappa shape index (κ2) is 6.66. The average Bonchev–Trinajstić information content (AvgIpc) is 2.96. The number of nitrogens with two attached hydrogens (primary N) is 1. The lowest BCUT2D eigenvalue weighted by Gasteiger charge is -2.08. The topological polar surface area (TPSA) is 111 Å².